The summed E-state index contributed by atoms with van der Waals surface area (Å²) in [4.78, 5) is 12.5. The Kier molecular flexibility index (Phi) is 4.07. The Bertz CT molecular complexity index is 592. The van der Waals surface area contributed by atoms with Crippen LogP contribution in [0.5, 0.6) is 0 Å². The molecule has 2 rings (SSSR count). The van der Waals surface area contributed by atoms with Crippen LogP contribution in [0.3, 0.4) is 0 Å². The van der Waals surface area contributed by atoms with Crippen molar-refractivity contribution in [3.63, 3.8) is 0 Å². The first-order chi connectivity index (χ1) is 8.50. The summed E-state index contributed by atoms with van der Waals surface area (Å²) >= 11 is 8.08. The van der Waals surface area contributed by atoms with E-state index < -0.39 is 0 Å². The van der Waals surface area contributed by atoms with E-state index in [0.717, 1.165) is 3.57 Å². The van der Waals surface area contributed by atoms with Crippen molar-refractivity contribution in [1.29, 1.82) is 0 Å². The van der Waals surface area contributed by atoms with E-state index in [4.69, 9.17) is 11.6 Å². The second-order valence-corrected chi connectivity index (χ2v) is 5.81. The average Bonchev–Trinajstić information content (AvgIpc) is 2.80. The van der Waals surface area contributed by atoms with E-state index in [-0.39, 0.29) is 11.8 Å². The third-order valence-corrected chi connectivity index (χ3v) is 3.74. The summed E-state index contributed by atoms with van der Waals surface area (Å²) in [6, 6.07) is 7.20. The standard InChI is InChI=1S/C13H12ClIN2O/c1-8(2)17-12(5-6-16-17)13(18)10-7-9(14)3-4-11(10)15/h3-8H,1-2H3. The van der Waals surface area contributed by atoms with E-state index >= 15 is 0 Å². The van der Waals surface area contributed by atoms with E-state index in [9.17, 15) is 4.79 Å². The predicted octanol–water partition coefficient (Wildman–Crippen LogP) is 3.95. The number of hydrogen-bond donors (Lipinski definition) is 0. The molecular weight excluding hydrogens is 363 g/mol. The van der Waals surface area contributed by atoms with Crippen molar-refractivity contribution in [2.24, 2.45) is 0 Å². The van der Waals surface area contributed by atoms with Crippen molar-refractivity contribution in [3.8, 4) is 0 Å². The number of hydrogen-bond acceptors (Lipinski definition) is 2. The summed E-state index contributed by atoms with van der Waals surface area (Å²) in [5.74, 6) is -0.0481. The highest BCUT2D eigenvalue weighted by atomic mass is 127. The molecular formula is C13H12ClIN2O. The molecule has 0 saturated carbocycles. The van der Waals surface area contributed by atoms with Crippen molar-refractivity contribution >= 4 is 40.0 Å². The molecule has 0 fully saturated rings. The molecule has 2 aromatic rings. The molecule has 0 N–H and O–H groups in total. The van der Waals surface area contributed by atoms with Gasteiger partial charge in [0.25, 0.3) is 0 Å². The summed E-state index contributed by atoms with van der Waals surface area (Å²) in [5, 5.41) is 4.74. The van der Waals surface area contributed by atoms with Gasteiger partial charge in [-0.05, 0) is 60.7 Å². The lowest BCUT2D eigenvalue weighted by Crippen LogP contribution is -2.14. The Morgan fingerprint density at radius 2 is 2.11 bits per heavy atom. The fourth-order valence-corrected chi connectivity index (χ4v) is 2.47. The van der Waals surface area contributed by atoms with E-state index in [1.807, 2.05) is 19.9 Å². The third kappa shape index (κ3) is 2.59. The van der Waals surface area contributed by atoms with Gasteiger partial charge >= 0.3 is 0 Å². The summed E-state index contributed by atoms with van der Waals surface area (Å²) in [5.41, 5.74) is 1.20. The molecule has 0 unspecified atom stereocenters. The monoisotopic (exact) mass is 374 g/mol. The third-order valence-electron chi connectivity index (χ3n) is 2.57. The van der Waals surface area contributed by atoms with Gasteiger partial charge in [-0.1, -0.05) is 11.6 Å². The van der Waals surface area contributed by atoms with Crippen molar-refractivity contribution in [3.05, 3.63) is 50.3 Å². The Balaban J connectivity index is 2.48. The Labute approximate surface area is 124 Å². The summed E-state index contributed by atoms with van der Waals surface area (Å²) in [6.45, 7) is 3.99. The Morgan fingerprint density at radius 1 is 1.39 bits per heavy atom. The molecule has 3 nitrogen and oxygen atoms in total. The quantitative estimate of drug-likeness (QED) is 0.602. The molecule has 18 heavy (non-hydrogen) atoms. The topological polar surface area (TPSA) is 34.9 Å². The fourth-order valence-electron chi connectivity index (χ4n) is 1.72. The maximum absolute atomic E-state index is 12.5. The number of benzene rings is 1. The molecule has 0 aliphatic rings. The molecule has 1 heterocycles. The maximum atomic E-state index is 12.5. The molecule has 0 spiro atoms. The second-order valence-electron chi connectivity index (χ2n) is 4.21. The van der Waals surface area contributed by atoms with Gasteiger partial charge in [0, 0.05) is 26.4 Å². The normalized spacial score (nSPS) is 10.9. The smallest absolute Gasteiger partial charge is 0.212 e. The van der Waals surface area contributed by atoms with Crippen molar-refractivity contribution in [2.75, 3.05) is 0 Å². The van der Waals surface area contributed by atoms with Gasteiger partial charge in [0.15, 0.2) is 0 Å². The molecule has 0 aliphatic carbocycles. The lowest BCUT2D eigenvalue weighted by Gasteiger charge is -2.11. The van der Waals surface area contributed by atoms with Gasteiger partial charge in [0.2, 0.25) is 5.78 Å². The van der Waals surface area contributed by atoms with Crippen LogP contribution in [0.15, 0.2) is 30.5 Å². The van der Waals surface area contributed by atoms with Gasteiger partial charge in [-0.2, -0.15) is 5.10 Å². The van der Waals surface area contributed by atoms with Crippen LogP contribution in [-0.2, 0) is 0 Å². The number of ketones is 1. The van der Waals surface area contributed by atoms with E-state index in [1.54, 1.807) is 29.1 Å². The van der Waals surface area contributed by atoms with Crippen LogP contribution in [0.2, 0.25) is 5.02 Å². The number of halogens is 2. The van der Waals surface area contributed by atoms with Crippen LogP contribution in [0.25, 0.3) is 0 Å². The van der Waals surface area contributed by atoms with Crippen LogP contribution in [0.4, 0.5) is 0 Å². The number of carbonyl (C=O) groups excluding carboxylic acids is 1. The zero-order valence-electron chi connectivity index (χ0n) is 10.0. The summed E-state index contributed by atoms with van der Waals surface area (Å²) < 4.78 is 2.61. The SMILES string of the molecule is CC(C)n1nccc1C(=O)c1cc(Cl)ccc1I. The summed E-state index contributed by atoms with van der Waals surface area (Å²) in [7, 11) is 0. The highest BCUT2D eigenvalue weighted by molar-refractivity contribution is 14.1. The van der Waals surface area contributed by atoms with Crippen LogP contribution < -0.4 is 0 Å². The van der Waals surface area contributed by atoms with E-state index in [1.165, 1.54) is 0 Å². The first-order valence-corrected chi connectivity index (χ1v) is 6.99. The van der Waals surface area contributed by atoms with Gasteiger partial charge in [-0.25, -0.2) is 0 Å². The molecule has 0 saturated heterocycles. The Morgan fingerprint density at radius 3 is 2.78 bits per heavy atom. The molecule has 0 bridgehead atoms. The van der Waals surface area contributed by atoms with Crippen LogP contribution in [0.1, 0.15) is 35.9 Å². The van der Waals surface area contributed by atoms with Gasteiger partial charge in [0.05, 0.1) is 0 Å². The van der Waals surface area contributed by atoms with Gasteiger partial charge in [-0.15, -0.1) is 0 Å². The fraction of sp³-hybridized carbons (Fsp3) is 0.231. The molecule has 5 heteroatoms. The van der Waals surface area contributed by atoms with Crippen LogP contribution in [-0.4, -0.2) is 15.6 Å². The zero-order valence-corrected chi connectivity index (χ0v) is 12.9. The highest BCUT2D eigenvalue weighted by Crippen LogP contribution is 2.21. The number of nitrogens with zero attached hydrogens (tertiary/aromatic N) is 2. The molecule has 0 atom stereocenters. The number of aromatic nitrogens is 2. The van der Waals surface area contributed by atoms with Crippen LogP contribution >= 0.6 is 34.2 Å². The van der Waals surface area contributed by atoms with E-state index in [0.29, 0.717) is 16.3 Å². The highest BCUT2D eigenvalue weighted by Gasteiger charge is 2.18. The average molecular weight is 375 g/mol. The lowest BCUT2D eigenvalue weighted by atomic mass is 10.1. The minimum atomic E-state index is -0.0481. The molecule has 0 amide bonds. The zero-order chi connectivity index (χ0) is 13.3. The first kappa shape index (κ1) is 13.5. The van der Waals surface area contributed by atoms with Gasteiger partial charge in [0.1, 0.15) is 5.69 Å². The maximum Gasteiger partial charge on any atom is 0.212 e. The minimum Gasteiger partial charge on any atom is -0.287 e. The van der Waals surface area contributed by atoms with Crippen LogP contribution in [0, 0.1) is 3.57 Å². The molecule has 94 valence electrons. The predicted molar refractivity (Wildman–Crippen MR) is 80.2 cm³/mol. The largest absolute Gasteiger partial charge is 0.287 e. The minimum absolute atomic E-state index is 0.0481. The molecule has 0 radical (unpaired) electrons. The summed E-state index contributed by atoms with van der Waals surface area (Å²) in [6.07, 6.45) is 1.64. The number of rotatable bonds is 3. The van der Waals surface area contributed by atoms with Gasteiger partial charge in [-0.3, -0.25) is 9.48 Å². The number of carbonyl (C=O) groups is 1. The molecule has 1 aromatic heterocycles. The second kappa shape index (κ2) is 5.40. The van der Waals surface area contributed by atoms with Crippen molar-refractivity contribution in [1.82, 2.24) is 9.78 Å². The Hall–Kier alpha value is -0.880. The molecule has 0 aliphatic heterocycles. The van der Waals surface area contributed by atoms with E-state index in [2.05, 4.69) is 27.7 Å². The van der Waals surface area contributed by atoms with Crippen molar-refractivity contribution < 1.29 is 4.79 Å². The lowest BCUT2D eigenvalue weighted by molar-refractivity contribution is 0.102. The first-order valence-electron chi connectivity index (χ1n) is 5.54. The van der Waals surface area contributed by atoms with Crippen molar-refractivity contribution in [2.45, 2.75) is 19.9 Å². The van der Waals surface area contributed by atoms with Gasteiger partial charge < -0.3 is 0 Å². The molecule has 1 aromatic carbocycles.